The van der Waals surface area contributed by atoms with Crippen LogP contribution < -0.4 is 5.32 Å². The number of rotatable bonds is 4. The third kappa shape index (κ3) is 2.54. The molecule has 0 spiro atoms. The van der Waals surface area contributed by atoms with Gasteiger partial charge in [0.25, 0.3) is 0 Å². The van der Waals surface area contributed by atoms with Gasteiger partial charge in [-0.1, -0.05) is 11.3 Å². The van der Waals surface area contributed by atoms with Crippen LogP contribution in [0.3, 0.4) is 0 Å². The van der Waals surface area contributed by atoms with Crippen LogP contribution in [0, 0.1) is 10.1 Å². The monoisotopic (exact) mass is 235 g/mol. The van der Waals surface area contributed by atoms with Crippen LogP contribution in [0.15, 0.2) is 36.7 Å². The summed E-state index contributed by atoms with van der Waals surface area (Å²) in [4.78, 5) is 15.0. The largest absolute Gasteiger partial charge is 0.379 e. The minimum absolute atomic E-state index is 0.169. The fourth-order valence-corrected chi connectivity index (χ4v) is 1.98. The van der Waals surface area contributed by atoms with Crippen molar-refractivity contribution in [3.05, 3.63) is 51.7 Å². The van der Waals surface area contributed by atoms with Crippen LogP contribution in [-0.4, -0.2) is 9.91 Å². The van der Waals surface area contributed by atoms with E-state index in [0.29, 0.717) is 6.54 Å². The van der Waals surface area contributed by atoms with Crippen LogP contribution in [0.25, 0.3) is 0 Å². The zero-order chi connectivity index (χ0) is 11.4. The van der Waals surface area contributed by atoms with Crippen molar-refractivity contribution in [1.82, 2.24) is 4.98 Å². The minimum Gasteiger partial charge on any atom is -0.379 e. The molecule has 82 valence electrons. The minimum atomic E-state index is -0.377. The molecule has 16 heavy (non-hydrogen) atoms. The van der Waals surface area contributed by atoms with Gasteiger partial charge in [0.2, 0.25) is 0 Å². The van der Waals surface area contributed by atoms with Crippen molar-refractivity contribution in [2.24, 2.45) is 0 Å². The highest BCUT2D eigenvalue weighted by Gasteiger charge is 2.08. The number of aromatic nitrogens is 1. The molecule has 0 aliphatic heterocycles. The molecule has 0 saturated heterocycles. The summed E-state index contributed by atoms with van der Waals surface area (Å²) in [5.41, 5.74) is 0.901. The maximum absolute atomic E-state index is 10.5. The number of nitrogens with zero attached hydrogens (tertiary/aromatic N) is 2. The van der Waals surface area contributed by atoms with Gasteiger partial charge in [0.1, 0.15) is 0 Å². The second-order valence-electron chi connectivity index (χ2n) is 3.09. The molecule has 0 atom stereocenters. The molecule has 1 N–H and O–H groups in total. The third-order valence-electron chi connectivity index (χ3n) is 1.96. The van der Waals surface area contributed by atoms with Gasteiger partial charge in [-0.05, 0) is 18.2 Å². The molecule has 0 aliphatic carbocycles. The fraction of sp³-hybridized carbons (Fsp3) is 0.100. The zero-order valence-corrected chi connectivity index (χ0v) is 9.11. The van der Waals surface area contributed by atoms with Gasteiger partial charge in [-0.25, -0.2) is 0 Å². The average molecular weight is 235 g/mol. The highest BCUT2D eigenvalue weighted by molar-refractivity contribution is 7.15. The van der Waals surface area contributed by atoms with E-state index in [1.54, 1.807) is 18.5 Å². The van der Waals surface area contributed by atoms with E-state index in [-0.39, 0.29) is 9.92 Å². The normalized spacial score (nSPS) is 10.0. The molecule has 2 rings (SSSR count). The molecule has 6 heteroatoms. The van der Waals surface area contributed by atoms with Crippen LogP contribution in [-0.2, 0) is 6.54 Å². The van der Waals surface area contributed by atoms with Crippen molar-refractivity contribution in [1.29, 1.82) is 0 Å². The number of pyridine rings is 1. The van der Waals surface area contributed by atoms with E-state index in [2.05, 4.69) is 10.3 Å². The van der Waals surface area contributed by atoms with Crippen LogP contribution in [0.4, 0.5) is 10.7 Å². The Morgan fingerprint density at radius 1 is 1.44 bits per heavy atom. The van der Waals surface area contributed by atoms with E-state index in [4.69, 9.17) is 0 Å². The van der Waals surface area contributed by atoms with Gasteiger partial charge < -0.3 is 5.32 Å². The molecule has 2 heterocycles. The second-order valence-corrected chi connectivity index (χ2v) is 4.24. The molecule has 0 aliphatic rings. The molecular formula is C10H9N3O2S. The zero-order valence-electron chi connectivity index (χ0n) is 8.29. The summed E-state index contributed by atoms with van der Waals surface area (Å²) in [7, 11) is 0. The fourth-order valence-electron chi connectivity index (χ4n) is 1.22. The number of anilines is 1. The van der Waals surface area contributed by atoms with Crippen molar-refractivity contribution in [3.63, 3.8) is 0 Å². The van der Waals surface area contributed by atoms with Gasteiger partial charge >= 0.3 is 5.00 Å². The van der Waals surface area contributed by atoms with Gasteiger partial charge in [-0.3, -0.25) is 15.1 Å². The average Bonchev–Trinajstić information content (AvgIpc) is 2.76. The van der Waals surface area contributed by atoms with Crippen molar-refractivity contribution in [3.8, 4) is 0 Å². The first-order valence-electron chi connectivity index (χ1n) is 4.63. The highest BCUT2D eigenvalue weighted by atomic mass is 32.1. The lowest BCUT2D eigenvalue weighted by molar-refractivity contribution is -0.380. The smallest absolute Gasteiger partial charge is 0.324 e. The molecule has 0 fully saturated rings. The Morgan fingerprint density at radius 3 is 2.94 bits per heavy atom. The molecule has 0 amide bonds. The predicted octanol–water partition coefficient (Wildman–Crippen LogP) is 2.66. The topological polar surface area (TPSA) is 68.1 Å². The van der Waals surface area contributed by atoms with Gasteiger partial charge in [0, 0.05) is 29.9 Å². The summed E-state index contributed by atoms with van der Waals surface area (Å²) < 4.78 is 0. The predicted molar refractivity (Wildman–Crippen MR) is 62.5 cm³/mol. The Labute approximate surface area is 95.9 Å². The molecule has 0 aromatic carbocycles. The maximum Gasteiger partial charge on any atom is 0.324 e. The number of hydrogen-bond acceptors (Lipinski definition) is 5. The first kappa shape index (κ1) is 10.6. The summed E-state index contributed by atoms with van der Waals surface area (Å²) in [5, 5.41) is 13.8. The van der Waals surface area contributed by atoms with E-state index in [1.807, 2.05) is 12.1 Å². The van der Waals surface area contributed by atoms with E-state index in [9.17, 15) is 10.1 Å². The number of nitrogens with one attached hydrogen (secondary N) is 1. The Hall–Kier alpha value is -1.95. The van der Waals surface area contributed by atoms with E-state index in [0.717, 1.165) is 10.6 Å². The lowest BCUT2D eigenvalue weighted by Crippen LogP contribution is -1.96. The molecule has 0 radical (unpaired) electrons. The number of hydrogen-bond donors (Lipinski definition) is 1. The molecule has 0 saturated carbocycles. The van der Waals surface area contributed by atoms with Crippen LogP contribution in [0.5, 0.6) is 0 Å². The van der Waals surface area contributed by atoms with E-state index >= 15 is 0 Å². The Bertz CT molecular complexity index is 484. The van der Waals surface area contributed by atoms with E-state index < -0.39 is 0 Å². The molecule has 2 aromatic rings. The van der Waals surface area contributed by atoms with Crippen LogP contribution >= 0.6 is 11.3 Å². The maximum atomic E-state index is 10.5. The lowest BCUT2D eigenvalue weighted by Gasteiger charge is -2.02. The SMILES string of the molecule is O=[N+]([O-])c1ccc(CNc2cccnc2)s1. The number of nitro groups is 1. The first-order chi connectivity index (χ1) is 7.75. The summed E-state index contributed by atoms with van der Waals surface area (Å²) in [6.07, 6.45) is 3.41. The van der Waals surface area contributed by atoms with Gasteiger partial charge in [0.15, 0.2) is 0 Å². The molecular weight excluding hydrogens is 226 g/mol. The molecule has 2 aromatic heterocycles. The third-order valence-corrected chi connectivity index (χ3v) is 2.99. The standard InChI is InChI=1S/C10H9N3O2S/c14-13(15)10-4-3-9(16-10)7-12-8-2-1-5-11-6-8/h1-6,12H,7H2. The number of thiophene rings is 1. The Morgan fingerprint density at radius 2 is 2.31 bits per heavy atom. The summed E-state index contributed by atoms with van der Waals surface area (Å²) >= 11 is 1.18. The molecule has 5 nitrogen and oxygen atoms in total. The molecule has 0 unspecified atom stereocenters. The Kier molecular flexibility index (Phi) is 3.11. The second kappa shape index (κ2) is 4.71. The van der Waals surface area contributed by atoms with Gasteiger partial charge in [-0.15, -0.1) is 0 Å². The van der Waals surface area contributed by atoms with Crippen molar-refractivity contribution in [2.45, 2.75) is 6.54 Å². The Balaban J connectivity index is 1.97. The first-order valence-corrected chi connectivity index (χ1v) is 5.44. The lowest BCUT2D eigenvalue weighted by atomic mass is 10.4. The van der Waals surface area contributed by atoms with Crippen LogP contribution in [0.2, 0.25) is 0 Å². The van der Waals surface area contributed by atoms with Gasteiger partial charge in [-0.2, -0.15) is 0 Å². The summed E-state index contributed by atoms with van der Waals surface area (Å²) in [6.45, 7) is 0.574. The van der Waals surface area contributed by atoms with Crippen LogP contribution in [0.1, 0.15) is 4.88 Å². The van der Waals surface area contributed by atoms with Gasteiger partial charge in [0.05, 0.1) is 10.6 Å². The van der Waals surface area contributed by atoms with E-state index in [1.165, 1.54) is 17.4 Å². The summed E-state index contributed by atoms with van der Waals surface area (Å²) in [6, 6.07) is 7.01. The molecule has 0 bridgehead atoms. The van der Waals surface area contributed by atoms with Crippen molar-refractivity contribution >= 4 is 22.0 Å². The van der Waals surface area contributed by atoms with Crippen molar-refractivity contribution in [2.75, 3.05) is 5.32 Å². The summed E-state index contributed by atoms with van der Waals surface area (Å²) in [5.74, 6) is 0. The van der Waals surface area contributed by atoms with Crippen molar-refractivity contribution < 1.29 is 4.92 Å². The highest BCUT2D eigenvalue weighted by Crippen LogP contribution is 2.24. The quantitative estimate of drug-likeness (QED) is 0.653.